The van der Waals surface area contributed by atoms with E-state index < -0.39 is 5.25 Å². The molecule has 150 valence electrons. The molecule has 0 aliphatic heterocycles. The molecule has 1 aromatic heterocycles. The number of hydrogen-bond donors (Lipinski definition) is 2. The number of hydrogen-bond acceptors (Lipinski definition) is 5. The molecule has 1 heterocycles. The first-order valence-corrected chi connectivity index (χ1v) is 11.1. The fraction of sp³-hybridized carbons (Fsp3) is 0.789. The minimum Gasteiger partial charge on any atom is -0.335 e. The molecule has 2 aliphatic carbocycles. The molecule has 0 unspecified atom stereocenters. The highest BCUT2D eigenvalue weighted by atomic mass is 32.2. The van der Waals surface area contributed by atoms with Crippen molar-refractivity contribution >= 4 is 23.7 Å². The Morgan fingerprint density at radius 3 is 2.33 bits per heavy atom. The summed E-state index contributed by atoms with van der Waals surface area (Å²) < 4.78 is 2.18. The lowest BCUT2D eigenvalue weighted by Gasteiger charge is -2.25. The van der Waals surface area contributed by atoms with Gasteiger partial charge in [0.15, 0.2) is 5.16 Å². The Hall–Kier alpha value is -1.57. The van der Waals surface area contributed by atoms with Crippen molar-refractivity contribution in [3.05, 3.63) is 5.82 Å². The number of aromatic nitrogens is 3. The summed E-state index contributed by atoms with van der Waals surface area (Å²) in [7, 11) is 0. The van der Waals surface area contributed by atoms with Crippen LogP contribution in [0.15, 0.2) is 5.16 Å². The zero-order valence-corrected chi connectivity index (χ0v) is 17.2. The largest absolute Gasteiger partial charge is 0.335 e. The van der Waals surface area contributed by atoms with Gasteiger partial charge in [0.05, 0.1) is 5.25 Å². The lowest BCUT2D eigenvalue weighted by Crippen LogP contribution is -2.47. The quantitative estimate of drug-likeness (QED) is 0.744. The van der Waals surface area contributed by atoms with Gasteiger partial charge in [-0.25, -0.2) is 4.79 Å². The molecule has 0 saturated heterocycles. The lowest BCUT2D eigenvalue weighted by atomic mass is 9.95. The number of thioether (sulfide) groups is 1. The summed E-state index contributed by atoms with van der Waals surface area (Å²) in [5.74, 6) is 0.608. The molecule has 8 heteroatoms. The summed E-state index contributed by atoms with van der Waals surface area (Å²) >= 11 is 1.38. The third-order valence-corrected chi connectivity index (χ3v) is 6.66. The van der Waals surface area contributed by atoms with Crippen LogP contribution in [0.25, 0.3) is 0 Å². The molecule has 7 nitrogen and oxygen atoms in total. The van der Waals surface area contributed by atoms with Crippen molar-refractivity contribution in [3.8, 4) is 0 Å². The molecular weight excluding hydrogens is 362 g/mol. The average molecular weight is 394 g/mol. The van der Waals surface area contributed by atoms with Crippen molar-refractivity contribution < 1.29 is 9.59 Å². The number of amides is 3. The van der Waals surface area contributed by atoms with Crippen LogP contribution in [-0.4, -0.2) is 38.0 Å². The molecule has 2 fully saturated rings. The molecule has 1 aromatic rings. The van der Waals surface area contributed by atoms with Crippen molar-refractivity contribution in [1.82, 2.24) is 25.4 Å². The SMILES string of the molecule is Cc1nnc(S[C@@H](C)C(=O)NC(=O)NC2CCCCC2)n1C1CCCCC1. The first-order chi connectivity index (χ1) is 13.0. The van der Waals surface area contributed by atoms with E-state index in [1.807, 2.05) is 13.8 Å². The minimum absolute atomic E-state index is 0.187. The van der Waals surface area contributed by atoms with E-state index >= 15 is 0 Å². The number of nitrogens with zero attached hydrogens (tertiary/aromatic N) is 3. The summed E-state index contributed by atoms with van der Waals surface area (Å²) in [5, 5.41) is 14.3. The first kappa shape index (κ1) is 20.2. The minimum atomic E-state index is -0.409. The maximum absolute atomic E-state index is 12.4. The van der Waals surface area contributed by atoms with Crippen LogP contribution in [0.4, 0.5) is 4.79 Å². The normalized spacial score (nSPS) is 20.2. The molecule has 1 atom stereocenters. The second kappa shape index (κ2) is 9.57. The van der Waals surface area contributed by atoms with Crippen molar-refractivity contribution in [3.63, 3.8) is 0 Å². The zero-order chi connectivity index (χ0) is 19.2. The molecule has 2 N–H and O–H groups in total. The van der Waals surface area contributed by atoms with Gasteiger partial charge in [0.2, 0.25) is 5.91 Å². The number of imide groups is 1. The van der Waals surface area contributed by atoms with Gasteiger partial charge < -0.3 is 9.88 Å². The Bertz CT molecular complexity index is 651. The number of rotatable bonds is 5. The third kappa shape index (κ3) is 5.46. The third-order valence-electron chi connectivity index (χ3n) is 5.60. The fourth-order valence-electron chi connectivity index (χ4n) is 4.08. The molecule has 0 aromatic carbocycles. The van der Waals surface area contributed by atoms with Crippen LogP contribution in [0.5, 0.6) is 0 Å². The van der Waals surface area contributed by atoms with Gasteiger partial charge in [0.1, 0.15) is 5.82 Å². The van der Waals surface area contributed by atoms with E-state index in [9.17, 15) is 9.59 Å². The lowest BCUT2D eigenvalue weighted by molar-refractivity contribution is -0.119. The van der Waals surface area contributed by atoms with Crippen LogP contribution >= 0.6 is 11.8 Å². The Balaban J connectivity index is 1.54. The van der Waals surface area contributed by atoms with Crippen molar-refractivity contribution in [2.75, 3.05) is 0 Å². The first-order valence-electron chi connectivity index (χ1n) is 10.2. The highest BCUT2D eigenvalue weighted by molar-refractivity contribution is 8.00. The molecule has 2 aliphatic rings. The summed E-state index contributed by atoms with van der Waals surface area (Å²) in [4.78, 5) is 24.6. The smallest absolute Gasteiger partial charge is 0.321 e. The number of urea groups is 1. The zero-order valence-electron chi connectivity index (χ0n) is 16.4. The summed E-state index contributed by atoms with van der Waals surface area (Å²) in [6, 6.07) is 0.219. The number of carbonyl (C=O) groups is 2. The van der Waals surface area contributed by atoms with Gasteiger partial charge in [0, 0.05) is 12.1 Å². The summed E-state index contributed by atoms with van der Waals surface area (Å²) in [6.45, 7) is 3.77. The van der Waals surface area contributed by atoms with Crippen molar-refractivity contribution in [2.45, 2.75) is 101 Å². The van der Waals surface area contributed by atoms with E-state index in [0.29, 0.717) is 6.04 Å². The Morgan fingerprint density at radius 2 is 1.67 bits per heavy atom. The van der Waals surface area contributed by atoms with Crippen LogP contribution in [0.3, 0.4) is 0 Å². The Labute approximate surface area is 165 Å². The molecule has 0 spiro atoms. The van der Waals surface area contributed by atoms with Gasteiger partial charge in [0.25, 0.3) is 0 Å². The average Bonchev–Trinajstić information content (AvgIpc) is 3.03. The van der Waals surface area contributed by atoms with Crippen molar-refractivity contribution in [1.29, 1.82) is 0 Å². The second-order valence-electron chi connectivity index (χ2n) is 7.75. The van der Waals surface area contributed by atoms with Crippen LogP contribution in [0.1, 0.15) is 83.0 Å². The molecule has 2 saturated carbocycles. The van der Waals surface area contributed by atoms with E-state index in [2.05, 4.69) is 25.4 Å². The molecule has 27 heavy (non-hydrogen) atoms. The molecule has 3 amide bonds. The fourth-order valence-corrected chi connectivity index (χ4v) is 5.05. The maximum Gasteiger partial charge on any atom is 0.321 e. The Morgan fingerprint density at radius 1 is 1.04 bits per heavy atom. The summed E-state index contributed by atoms with van der Waals surface area (Å²) in [5.41, 5.74) is 0. The predicted octanol–water partition coefficient (Wildman–Crippen LogP) is 3.73. The highest BCUT2D eigenvalue weighted by Crippen LogP contribution is 2.33. The highest BCUT2D eigenvalue weighted by Gasteiger charge is 2.25. The molecule has 0 bridgehead atoms. The van der Waals surface area contributed by atoms with Gasteiger partial charge in [-0.15, -0.1) is 10.2 Å². The van der Waals surface area contributed by atoms with E-state index in [1.165, 1.54) is 37.4 Å². The van der Waals surface area contributed by atoms with Crippen LogP contribution in [0, 0.1) is 6.92 Å². The van der Waals surface area contributed by atoms with E-state index in [-0.39, 0.29) is 18.0 Å². The van der Waals surface area contributed by atoms with Gasteiger partial charge in [-0.05, 0) is 39.5 Å². The van der Waals surface area contributed by atoms with Gasteiger partial charge >= 0.3 is 6.03 Å². The van der Waals surface area contributed by atoms with Crippen LogP contribution in [-0.2, 0) is 4.79 Å². The Kier molecular flexibility index (Phi) is 7.15. The van der Waals surface area contributed by atoms with Crippen LogP contribution < -0.4 is 10.6 Å². The molecule has 3 rings (SSSR count). The van der Waals surface area contributed by atoms with Gasteiger partial charge in [-0.1, -0.05) is 50.3 Å². The topological polar surface area (TPSA) is 88.9 Å². The monoisotopic (exact) mass is 393 g/mol. The van der Waals surface area contributed by atoms with E-state index in [0.717, 1.165) is 49.5 Å². The van der Waals surface area contributed by atoms with E-state index in [1.54, 1.807) is 0 Å². The van der Waals surface area contributed by atoms with E-state index in [4.69, 9.17) is 0 Å². The number of carbonyl (C=O) groups excluding carboxylic acids is 2. The molecular formula is C19H31N5O2S. The summed E-state index contributed by atoms with van der Waals surface area (Å²) in [6.07, 6.45) is 11.5. The maximum atomic E-state index is 12.4. The van der Waals surface area contributed by atoms with Gasteiger partial charge in [-0.3, -0.25) is 10.1 Å². The second-order valence-corrected chi connectivity index (χ2v) is 9.06. The van der Waals surface area contributed by atoms with Gasteiger partial charge in [-0.2, -0.15) is 0 Å². The molecule has 0 radical (unpaired) electrons. The number of aryl methyl sites for hydroxylation is 1. The van der Waals surface area contributed by atoms with Crippen molar-refractivity contribution in [2.24, 2.45) is 0 Å². The predicted molar refractivity (Wildman–Crippen MR) is 106 cm³/mol. The standard InChI is InChI=1S/C19H31N5O2S/c1-13(17(25)21-18(26)20-15-9-5-3-6-10-15)27-19-23-22-14(2)24(19)16-11-7-4-8-12-16/h13,15-16H,3-12H2,1-2H3,(H2,20,21,25,26)/t13-/m0/s1. The number of nitrogens with one attached hydrogen (secondary N) is 2. The van der Waals surface area contributed by atoms with Crippen LogP contribution in [0.2, 0.25) is 0 Å².